The van der Waals surface area contributed by atoms with Crippen molar-refractivity contribution in [2.24, 2.45) is 5.92 Å². The van der Waals surface area contributed by atoms with Crippen LogP contribution in [0.2, 0.25) is 0 Å². The predicted octanol–water partition coefficient (Wildman–Crippen LogP) is 3.92. The molecule has 1 aliphatic rings. The summed E-state index contributed by atoms with van der Waals surface area (Å²) in [6.45, 7) is 5.61. The van der Waals surface area contributed by atoms with Gasteiger partial charge in [0.25, 0.3) is 0 Å². The van der Waals surface area contributed by atoms with E-state index in [2.05, 4.69) is 43.4 Å². The van der Waals surface area contributed by atoms with Gasteiger partial charge >= 0.3 is 0 Å². The molecule has 1 aliphatic carbocycles. The topological polar surface area (TPSA) is 12.0 Å². The zero-order valence-corrected chi connectivity index (χ0v) is 11.5. The molecule has 17 heavy (non-hydrogen) atoms. The highest BCUT2D eigenvalue weighted by Gasteiger charge is 2.30. The van der Waals surface area contributed by atoms with Crippen molar-refractivity contribution in [3.05, 3.63) is 35.4 Å². The molecule has 0 aliphatic heterocycles. The molecule has 1 N–H and O–H groups in total. The smallest absolute Gasteiger partial charge is 0.0571 e. The highest BCUT2D eigenvalue weighted by Crippen LogP contribution is 2.34. The lowest BCUT2D eigenvalue weighted by Crippen LogP contribution is -2.29. The van der Waals surface area contributed by atoms with Crippen LogP contribution in [0.3, 0.4) is 0 Å². The first-order valence-electron chi connectivity index (χ1n) is 6.67. The highest BCUT2D eigenvalue weighted by atomic mass is 35.5. The Kier molecular flexibility index (Phi) is 4.47. The monoisotopic (exact) mass is 251 g/mol. The third-order valence-electron chi connectivity index (χ3n) is 3.63. The molecule has 0 spiro atoms. The van der Waals surface area contributed by atoms with Gasteiger partial charge in [-0.25, -0.2) is 0 Å². The quantitative estimate of drug-likeness (QED) is 0.783. The third kappa shape index (κ3) is 3.02. The summed E-state index contributed by atoms with van der Waals surface area (Å²) in [4.78, 5) is 0. The molecular formula is C15H22ClN. The minimum absolute atomic E-state index is 0.209. The summed E-state index contributed by atoms with van der Waals surface area (Å²) in [6.07, 6.45) is 3.54. The number of halogens is 1. The molecule has 1 aromatic carbocycles. The van der Waals surface area contributed by atoms with E-state index >= 15 is 0 Å². The van der Waals surface area contributed by atoms with Gasteiger partial charge in [0.2, 0.25) is 0 Å². The van der Waals surface area contributed by atoms with E-state index in [4.69, 9.17) is 11.6 Å². The summed E-state index contributed by atoms with van der Waals surface area (Å²) in [5, 5.41) is 3.85. The molecule has 0 saturated carbocycles. The van der Waals surface area contributed by atoms with Gasteiger partial charge in [-0.2, -0.15) is 0 Å². The fourth-order valence-electron chi connectivity index (χ4n) is 2.71. The van der Waals surface area contributed by atoms with Crippen molar-refractivity contribution in [2.45, 2.75) is 44.5 Å². The molecule has 0 heterocycles. The number of hydrogen-bond acceptors (Lipinski definition) is 1. The molecule has 0 bridgehead atoms. The van der Waals surface area contributed by atoms with Crippen molar-refractivity contribution in [1.29, 1.82) is 0 Å². The van der Waals surface area contributed by atoms with E-state index in [1.165, 1.54) is 24.0 Å². The van der Waals surface area contributed by atoms with E-state index in [1.807, 2.05) is 0 Å². The lowest BCUT2D eigenvalue weighted by Gasteiger charge is -2.20. The average molecular weight is 252 g/mol. The number of hydrogen-bond donors (Lipinski definition) is 1. The van der Waals surface area contributed by atoms with Gasteiger partial charge in [0.05, 0.1) is 5.38 Å². The maximum Gasteiger partial charge on any atom is 0.0571 e. The summed E-state index contributed by atoms with van der Waals surface area (Å²) in [7, 11) is 0. The largest absolute Gasteiger partial charge is 0.308 e. The number of fused-ring (bicyclic) bond motifs is 1. The van der Waals surface area contributed by atoms with Crippen LogP contribution in [0, 0.1) is 5.92 Å². The molecule has 2 rings (SSSR count). The zero-order chi connectivity index (χ0) is 12.3. The predicted molar refractivity (Wildman–Crippen MR) is 74.6 cm³/mol. The van der Waals surface area contributed by atoms with Gasteiger partial charge in [-0.3, -0.25) is 0 Å². The summed E-state index contributed by atoms with van der Waals surface area (Å²) in [5.41, 5.74) is 2.81. The van der Waals surface area contributed by atoms with Crippen molar-refractivity contribution in [2.75, 3.05) is 6.54 Å². The Balaban J connectivity index is 1.97. The highest BCUT2D eigenvalue weighted by molar-refractivity contribution is 6.21. The van der Waals surface area contributed by atoms with Crippen LogP contribution in [-0.2, 0) is 6.42 Å². The maximum atomic E-state index is 6.44. The minimum Gasteiger partial charge on any atom is -0.308 e. The second-order valence-electron chi connectivity index (χ2n) is 5.20. The molecular weight excluding hydrogens is 230 g/mol. The third-order valence-corrected chi connectivity index (χ3v) is 4.04. The molecule has 94 valence electrons. The van der Waals surface area contributed by atoms with E-state index < -0.39 is 0 Å². The van der Waals surface area contributed by atoms with Crippen molar-refractivity contribution < 1.29 is 0 Å². The Bertz CT molecular complexity index is 364. The molecule has 0 fully saturated rings. The molecule has 0 radical (unpaired) electrons. The Labute approximate surface area is 110 Å². The Morgan fingerprint density at radius 1 is 1.41 bits per heavy atom. The van der Waals surface area contributed by atoms with E-state index in [9.17, 15) is 0 Å². The van der Waals surface area contributed by atoms with E-state index in [-0.39, 0.29) is 5.38 Å². The van der Waals surface area contributed by atoms with Crippen LogP contribution in [0.4, 0.5) is 0 Å². The normalized spacial score (nSPS) is 24.6. The van der Waals surface area contributed by atoms with Gasteiger partial charge in [0, 0.05) is 6.04 Å². The molecule has 0 aromatic heterocycles. The van der Waals surface area contributed by atoms with E-state index in [0.29, 0.717) is 6.04 Å². The number of alkyl halides is 1. The first-order valence-corrected chi connectivity index (χ1v) is 7.11. The average Bonchev–Trinajstić information content (AvgIpc) is 2.62. The SMILES string of the molecule is CCCC(C)CNC1c2ccccc2CC1Cl. The van der Waals surface area contributed by atoms with Crippen LogP contribution in [0.25, 0.3) is 0 Å². The molecule has 2 heteroatoms. The van der Waals surface area contributed by atoms with Crippen molar-refractivity contribution in [1.82, 2.24) is 5.32 Å². The Morgan fingerprint density at radius 3 is 2.94 bits per heavy atom. The van der Waals surface area contributed by atoms with Crippen LogP contribution in [-0.4, -0.2) is 11.9 Å². The first kappa shape index (κ1) is 12.9. The van der Waals surface area contributed by atoms with E-state index in [1.54, 1.807) is 0 Å². The summed E-state index contributed by atoms with van der Waals surface area (Å²) in [5.74, 6) is 0.733. The van der Waals surface area contributed by atoms with Crippen LogP contribution in [0.1, 0.15) is 43.9 Å². The van der Waals surface area contributed by atoms with Gasteiger partial charge in [0.15, 0.2) is 0 Å². The van der Waals surface area contributed by atoms with Crippen LogP contribution in [0.5, 0.6) is 0 Å². The van der Waals surface area contributed by atoms with Gasteiger partial charge in [-0.15, -0.1) is 11.6 Å². The molecule has 1 nitrogen and oxygen atoms in total. The van der Waals surface area contributed by atoms with Crippen LogP contribution in [0.15, 0.2) is 24.3 Å². The van der Waals surface area contributed by atoms with Crippen molar-refractivity contribution in [3.8, 4) is 0 Å². The first-order chi connectivity index (χ1) is 8.22. The summed E-state index contributed by atoms with van der Waals surface area (Å²) >= 11 is 6.44. The molecule has 0 amide bonds. The van der Waals surface area contributed by atoms with Crippen molar-refractivity contribution in [3.63, 3.8) is 0 Å². The van der Waals surface area contributed by atoms with Gasteiger partial charge in [-0.1, -0.05) is 44.5 Å². The fraction of sp³-hybridized carbons (Fsp3) is 0.600. The minimum atomic E-state index is 0.209. The summed E-state index contributed by atoms with van der Waals surface area (Å²) < 4.78 is 0. The van der Waals surface area contributed by atoms with Gasteiger partial charge in [0.1, 0.15) is 0 Å². The lowest BCUT2D eigenvalue weighted by molar-refractivity contribution is 0.432. The Hall–Kier alpha value is -0.530. The van der Waals surface area contributed by atoms with Crippen LogP contribution < -0.4 is 5.32 Å². The molecule has 0 saturated heterocycles. The zero-order valence-electron chi connectivity index (χ0n) is 10.7. The van der Waals surface area contributed by atoms with Gasteiger partial charge in [-0.05, 0) is 36.4 Å². The number of rotatable bonds is 5. The molecule has 3 unspecified atom stereocenters. The second-order valence-corrected chi connectivity index (χ2v) is 5.76. The fourth-order valence-corrected chi connectivity index (χ4v) is 3.10. The Morgan fingerprint density at radius 2 is 2.18 bits per heavy atom. The second kappa shape index (κ2) is 5.88. The number of benzene rings is 1. The molecule has 3 atom stereocenters. The molecule has 1 aromatic rings. The van der Waals surface area contributed by atoms with E-state index in [0.717, 1.165) is 18.9 Å². The van der Waals surface area contributed by atoms with Crippen molar-refractivity contribution >= 4 is 11.6 Å². The maximum absolute atomic E-state index is 6.44. The summed E-state index contributed by atoms with van der Waals surface area (Å²) in [6, 6.07) is 8.96. The van der Waals surface area contributed by atoms with Gasteiger partial charge < -0.3 is 5.32 Å². The lowest BCUT2D eigenvalue weighted by atomic mass is 10.0. The number of nitrogens with one attached hydrogen (secondary N) is 1. The van der Waals surface area contributed by atoms with Crippen LogP contribution >= 0.6 is 11.6 Å². The standard InChI is InChI=1S/C15H22ClN/c1-3-6-11(2)10-17-15-13-8-5-4-7-12(13)9-14(15)16/h4-5,7-8,11,14-15,17H,3,6,9-10H2,1-2H3.